The van der Waals surface area contributed by atoms with Gasteiger partial charge in [-0.25, -0.2) is 4.98 Å². The van der Waals surface area contributed by atoms with Crippen molar-refractivity contribution in [3.05, 3.63) is 83.9 Å². The molecule has 0 saturated heterocycles. The highest BCUT2D eigenvalue weighted by molar-refractivity contribution is 5.94. The van der Waals surface area contributed by atoms with Crippen LogP contribution in [0.4, 0.5) is 0 Å². The van der Waals surface area contributed by atoms with Gasteiger partial charge < -0.3 is 14.6 Å². The molecule has 1 unspecified atom stereocenters. The van der Waals surface area contributed by atoms with Crippen molar-refractivity contribution < 1.29 is 9.53 Å². The third kappa shape index (κ3) is 5.22. The second kappa shape index (κ2) is 9.22. The molecule has 5 heteroatoms. The smallest absolute Gasteiger partial charge is 0.251 e. The molecule has 5 nitrogen and oxygen atoms in total. The van der Waals surface area contributed by atoms with Crippen LogP contribution < -0.4 is 10.1 Å². The van der Waals surface area contributed by atoms with E-state index in [0.717, 1.165) is 17.8 Å². The van der Waals surface area contributed by atoms with E-state index in [1.165, 1.54) is 0 Å². The number of carbonyl (C=O) groups excluding carboxylic acids is 1. The Bertz CT molecular complexity index is 886. The van der Waals surface area contributed by atoms with Crippen LogP contribution in [0.2, 0.25) is 0 Å². The monoisotopic (exact) mass is 377 g/mol. The lowest BCUT2D eigenvalue weighted by Gasteiger charge is -2.21. The standard InChI is InChI=1S/C23H27N3O2/c1-17(2)15-21(18-7-5-4-6-8-18)25-23(27)19-9-11-20(12-10-19)28-16-22-24-13-14-26(22)3/h4-14,17,21H,15-16H2,1-3H3,(H,25,27). The highest BCUT2D eigenvalue weighted by Crippen LogP contribution is 2.22. The summed E-state index contributed by atoms with van der Waals surface area (Å²) in [6.07, 6.45) is 4.51. The van der Waals surface area contributed by atoms with Crippen molar-refractivity contribution in [1.82, 2.24) is 14.9 Å². The van der Waals surface area contributed by atoms with Gasteiger partial charge in [0.05, 0.1) is 6.04 Å². The number of nitrogens with zero attached hydrogens (tertiary/aromatic N) is 2. The lowest BCUT2D eigenvalue weighted by molar-refractivity contribution is 0.0932. The molecule has 0 aliphatic heterocycles. The first-order valence-electron chi connectivity index (χ1n) is 9.58. The van der Waals surface area contributed by atoms with Crippen LogP contribution in [0.5, 0.6) is 5.75 Å². The second-order valence-electron chi connectivity index (χ2n) is 7.33. The van der Waals surface area contributed by atoms with E-state index in [2.05, 4.69) is 36.3 Å². The maximum atomic E-state index is 12.7. The quantitative estimate of drug-likeness (QED) is 0.628. The third-order valence-corrected chi connectivity index (χ3v) is 4.62. The van der Waals surface area contributed by atoms with E-state index in [0.29, 0.717) is 23.8 Å². The molecule has 0 bridgehead atoms. The number of nitrogens with one attached hydrogen (secondary N) is 1. The minimum absolute atomic E-state index is 0.00644. The van der Waals surface area contributed by atoms with E-state index < -0.39 is 0 Å². The number of rotatable bonds is 8. The summed E-state index contributed by atoms with van der Waals surface area (Å²) in [5, 5.41) is 3.17. The normalized spacial score (nSPS) is 12.0. The summed E-state index contributed by atoms with van der Waals surface area (Å²) in [4.78, 5) is 17.0. The molecular weight excluding hydrogens is 350 g/mol. The SMILES string of the molecule is CC(C)CC(NC(=O)c1ccc(OCc2nccn2C)cc1)c1ccccc1. The molecular formula is C23H27N3O2. The van der Waals surface area contributed by atoms with Crippen LogP contribution in [0.3, 0.4) is 0 Å². The summed E-state index contributed by atoms with van der Waals surface area (Å²) >= 11 is 0. The number of hydrogen-bond donors (Lipinski definition) is 1. The summed E-state index contributed by atoms with van der Waals surface area (Å²) in [6.45, 7) is 4.71. The van der Waals surface area contributed by atoms with Crippen LogP contribution >= 0.6 is 0 Å². The Kier molecular flexibility index (Phi) is 6.48. The molecule has 1 aromatic heterocycles. The molecule has 3 aromatic rings. The van der Waals surface area contributed by atoms with E-state index in [1.807, 2.05) is 48.1 Å². The molecule has 1 heterocycles. The van der Waals surface area contributed by atoms with Gasteiger partial charge in [-0.1, -0.05) is 44.2 Å². The Morgan fingerprint density at radius 2 is 1.82 bits per heavy atom. The van der Waals surface area contributed by atoms with Crippen LogP contribution in [0.25, 0.3) is 0 Å². The minimum atomic E-state index is -0.0786. The van der Waals surface area contributed by atoms with Crippen molar-refractivity contribution >= 4 is 5.91 Å². The van der Waals surface area contributed by atoms with Crippen molar-refractivity contribution in [2.45, 2.75) is 32.9 Å². The van der Waals surface area contributed by atoms with Crippen molar-refractivity contribution in [2.75, 3.05) is 0 Å². The fourth-order valence-corrected chi connectivity index (χ4v) is 3.06. The molecule has 0 radical (unpaired) electrons. The summed E-state index contributed by atoms with van der Waals surface area (Å²) in [7, 11) is 1.93. The molecule has 2 aromatic carbocycles. The minimum Gasteiger partial charge on any atom is -0.486 e. The first-order chi connectivity index (χ1) is 13.5. The topological polar surface area (TPSA) is 56.1 Å². The third-order valence-electron chi connectivity index (χ3n) is 4.62. The Balaban J connectivity index is 1.63. The number of aromatic nitrogens is 2. The molecule has 1 N–H and O–H groups in total. The van der Waals surface area contributed by atoms with Crippen molar-refractivity contribution in [3.8, 4) is 5.75 Å². The van der Waals surface area contributed by atoms with Crippen LogP contribution in [-0.2, 0) is 13.7 Å². The summed E-state index contributed by atoms with van der Waals surface area (Å²) < 4.78 is 7.67. The van der Waals surface area contributed by atoms with Gasteiger partial charge in [-0.05, 0) is 42.2 Å². The zero-order chi connectivity index (χ0) is 19.9. The van der Waals surface area contributed by atoms with Crippen LogP contribution in [-0.4, -0.2) is 15.5 Å². The zero-order valence-electron chi connectivity index (χ0n) is 16.6. The number of hydrogen-bond acceptors (Lipinski definition) is 3. The van der Waals surface area contributed by atoms with E-state index in [1.54, 1.807) is 18.3 Å². The van der Waals surface area contributed by atoms with Gasteiger partial charge in [-0.2, -0.15) is 0 Å². The molecule has 0 aliphatic rings. The predicted molar refractivity (Wildman–Crippen MR) is 110 cm³/mol. The lowest BCUT2D eigenvalue weighted by Crippen LogP contribution is -2.29. The van der Waals surface area contributed by atoms with Crippen LogP contribution in [0.15, 0.2) is 67.0 Å². The summed E-state index contributed by atoms with van der Waals surface area (Å²) in [6, 6.07) is 17.3. The maximum absolute atomic E-state index is 12.7. The number of benzene rings is 2. The van der Waals surface area contributed by atoms with E-state index >= 15 is 0 Å². The first-order valence-corrected chi connectivity index (χ1v) is 9.58. The lowest BCUT2D eigenvalue weighted by atomic mass is 9.96. The molecule has 1 amide bonds. The van der Waals surface area contributed by atoms with Gasteiger partial charge in [0, 0.05) is 25.0 Å². The molecule has 0 spiro atoms. The summed E-state index contributed by atoms with van der Waals surface area (Å²) in [5.74, 6) is 1.96. The van der Waals surface area contributed by atoms with Crippen LogP contribution in [0, 0.1) is 5.92 Å². The van der Waals surface area contributed by atoms with Crippen LogP contribution in [0.1, 0.15) is 48.1 Å². The van der Waals surface area contributed by atoms with Gasteiger partial charge in [-0.15, -0.1) is 0 Å². The number of imidazole rings is 1. The molecule has 0 aliphatic carbocycles. The van der Waals surface area contributed by atoms with E-state index in [4.69, 9.17) is 4.74 Å². The Morgan fingerprint density at radius 1 is 1.11 bits per heavy atom. The molecule has 3 rings (SSSR count). The average Bonchev–Trinajstić information content (AvgIpc) is 3.11. The maximum Gasteiger partial charge on any atom is 0.251 e. The largest absolute Gasteiger partial charge is 0.486 e. The highest BCUT2D eigenvalue weighted by Gasteiger charge is 2.17. The molecule has 0 saturated carbocycles. The number of carbonyl (C=O) groups is 1. The van der Waals surface area contributed by atoms with E-state index in [-0.39, 0.29) is 11.9 Å². The van der Waals surface area contributed by atoms with Gasteiger partial charge in [0.15, 0.2) is 0 Å². The first kappa shape index (κ1) is 19.7. The van der Waals surface area contributed by atoms with Crippen molar-refractivity contribution in [3.63, 3.8) is 0 Å². The molecule has 1 atom stereocenters. The van der Waals surface area contributed by atoms with Gasteiger partial charge in [0.2, 0.25) is 0 Å². The average molecular weight is 377 g/mol. The number of aryl methyl sites for hydroxylation is 1. The van der Waals surface area contributed by atoms with Gasteiger partial charge in [-0.3, -0.25) is 4.79 Å². The van der Waals surface area contributed by atoms with Gasteiger partial charge in [0.1, 0.15) is 18.2 Å². The summed E-state index contributed by atoms with van der Waals surface area (Å²) in [5.41, 5.74) is 1.74. The van der Waals surface area contributed by atoms with Crippen molar-refractivity contribution in [1.29, 1.82) is 0 Å². The second-order valence-corrected chi connectivity index (χ2v) is 7.33. The highest BCUT2D eigenvalue weighted by atomic mass is 16.5. The fraction of sp³-hybridized carbons (Fsp3) is 0.304. The number of ether oxygens (including phenoxy) is 1. The van der Waals surface area contributed by atoms with Gasteiger partial charge >= 0.3 is 0 Å². The van der Waals surface area contributed by atoms with Gasteiger partial charge in [0.25, 0.3) is 5.91 Å². The Labute approximate surface area is 166 Å². The predicted octanol–water partition coefficient (Wildman–Crippen LogP) is 4.52. The molecule has 0 fully saturated rings. The fourth-order valence-electron chi connectivity index (χ4n) is 3.06. The van der Waals surface area contributed by atoms with Crippen molar-refractivity contribution in [2.24, 2.45) is 13.0 Å². The van der Waals surface area contributed by atoms with E-state index in [9.17, 15) is 4.79 Å². The number of amides is 1. The molecule has 146 valence electrons. The Hall–Kier alpha value is -3.08. The Morgan fingerprint density at radius 3 is 2.43 bits per heavy atom. The zero-order valence-corrected chi connectivity index (χ0v) is 16.6. The molecule has 28 heavy (non-hydrogen) atoms.